The van der Waals surface area contributed by atoms with Crippen LogP contribution >= 0.6 is 11.6 Å². The predicted molar refractivity (Wildman–Crippen MR) is 90.1 cm³/mol. The maximum atomic E-state index is 12.0. The Morgan fingerprint density at radius 1 is 1.39 bits per heavy atom. The molecule has 1 unspecified atom stereocenters. The van der Waals surface area contributed by atoms with Gasteiger partial charge in [-0.3, -0.25) is 4.79 Å². The number of halogens is 1. The number of ether oxygens (including phenoxy) is 1. The zero-order chi connectivity index (χ0) is 16.9. The van der Waals surface area contributed by atoms with Crippen molar-refractivity contribution in [3.8, 4) is 0 Å². The average molecular weight is 361 g/mol. The normalized spacial score (nSPS) is 18.3. The van der Waals surface area contributed by atoms with Crippen molar-refractivity contribution in [2.75, 3.05) is 31.3 Å². The molecule has 1 amide bonds. The lowest BCUT2D eigenvalue weighted by Gasteiger charge is -2.22. The second kappa shape index (κ2) is 8.10. The molecular formula is C15H21ClN2O4S. The number of hydrogen-bond donors (Lipinski definition) is 1. The van der Waals surface area contributed by atoms with Crippen molar-refractivity contribution in [2.24, 2.45) is 0 Å². The van der Waals surface area contributed by atoms with Crippen molar-refractivity contribution in [1.29, 1.82) is 0 Å². The van der Waals surface area contributed by atoms with E-state index in [1.807, 2.05) is 0 Å². The first-order valence-corrected chi connectivity index (χ1v) is 9.69. The standard InChI is InChI=1S/C15H21ClN2O4S/c1-23(20,21)18(11-14-3-2-10-22-14)9-8-15(19)17-13-6-4-12(16)5-7-13/h4-7,14H,2-3,8-11H2,1H3,(H,17,19). The lowest BCUT2D eigenvalue weighted by molar-refractivity contribution is -0.116. The van der Waals surface area contributed by atoms with Crippen LogP contribution < -0.4 is 5.32 Å². The van der Waals surface area contributed by atoms with Crippen molar-refractivity contribution in [1.82, 2.24) is 4.31 Å². The molecule has 0 saturated carbocycles. The Kier molecular flexibility index (Phi) is 6.41. The number of nitrogens with one attached hydrogen (secondary N) is 1. The SMILES string of the molecule is CS(=O)(=O)N(CCC(=O)Nc1ccc(Cl)cc1)CC1CCCO1. The molecule has 1 fully saturated rings. The summed E-state index contributed by atoms with van der Waals surface area (Å²) in [6.07, 6.45) is 2.95. The summed E-state index contributed by atoms with van der Waals surface area (Å²) < 4.78 is 30.5. The van der Waals surface area contributed by atoms with Crippen LogP contribution in [0.4, 0.5) is 5.69 Å². The van der Waals surface area contributed by atoms with Crippen molar-refractivity contribution < 1.29 is 17.9 Å². The van der Waals surface area contributed by atoms with Gasteiger partial charge in [0.25, 0.3) is 0 Å². The summed E-state index contributed by atoms with van der Waals surface area (Å²) in [5.74, 6) is -0.242. The van der Waals surface area contributed by atoms with Gasteiger partial charge in [0.1, 0.15) is 0 Å². The highest BCUT2D eigenvalue weighted by Gasteiger charge is 2.25. The number of nitrogens with zero attached hydrogens (tertiary/aromatic N) is 1. The molecule has 6 nitrogen and oxygen atoms in total. The number of carbonyl (C=O) groups excluding carboxylic acids is 1. The van der Waals surface area contributed by atoms with Crippen LogP contribution in [0.2, 0.25) is 5.02 Å². The van der Waals surface area contributed by atoms with Gasteiger partial charge in [0.2, 0.25) is 15.9 Å². The molecular weight excluding hydrogens is 340 g/mol. The minimum atomic E-state index is -3.37. The van der Waals surface area contributed by atoms with Gasteiger partial charge in [-0.25, -0.2) is 8.42 Å². The summed E-state index contributed by atoms with van der Waals surface area (Å²) >= 11 is 5.78. The molecule has 1 atom stereocenters. The zero-order valence-electron chi connectivity index (χ0n) is 13.0. The Balaban J connectivity index is 1.86. The second-order valence-electron chi connectivity index (χ2n) is 5.56. The molecule has 23 heavy (non-hydrogen) atoms. The number of anilines is 1. The largest absolute Gasteiger partial charge is 0.377 e. The van der Waals surface area contributed by atoms with E-state index in [2.05, 4.69) is 5.32 Å². The van der Waals surface area contributed by atoms with E-state index in [0.717, 1.165) is 19.1 Å². The molecule has 0 aliphatic carbocycles. The van der Waals surface area contributed by atoms with Crippen LogP contribution in [0.15, 0.2) is 24.3 Å². The molecule has 0 aromatic heterocycles. The summed E-state index contributed by atoms with van der Waals surface area (Å²) in [4.78, 5) is 12.0. The van der Waals surface area contributed by atoms with Crippen LogP contribution in [0.3, 0.4) is 0 Å². The van der Waals surface area contributed by atoms with E-state index in [0.29, 0.717) is 23.9 Å². The van der Waals surface area contributed by atoms with Gasteiger partial charge in [-0.15, -0.1) is 0 Å². The Bertz CT molecular complexity index is 627. The number of benzene rings is 1. The van der Waals surface area contributed by atoms with Crippen LogP contribution in [0.25, 0.3) is 0 Å². The van der Waals surface area contributed by atoms with Gasteiger partial charge < -0.3 is 10.1 Å². The molecule has 0 spiro atoms. The van der Waals surface area contributed by atoms with Gasteiger partial charge in [-0.1, -0.05) is 11.6 Å². The maximum absolute atomic E-state index is 12.0. The van der Waals surface area contributed by atoms with Crippen LogP contribution in [-0.2, 0) is 19.6 Å². The van der Waals surface area contributed by atoms with Crippen LogP contribution in [0.1, 0.15) is 19.3 Å². The molecule has 1 aliphatic heterocycles. The van der Waals surface area contributed by atoms with Crippen molar-refractivity contribution in [3.63, 3.8) is 0 Å². The molecule has 1 saturated heterocycles. The van der Waals surface area contributed by atoms with Crippen LogP contribution in [0.5, 0.6) is 0 Å². The summed E-state index contributed by atoms with van der Waals surface area (Å²) in [7, 11) is -3.37. The number of amides is 1. The number of carbonyl (C=O) groups is 1. The third-order valence-electron chi connectivity index (χ3n) is 3.62. The Morgan fingerprint density at radius 3 is 2.65 bits per heavy atom. The monoisotopic (exact) mass is 360 g/mol. The van der Waals surface area contributed by atoms with Gasteiger partial charge in [-0.2, -0.15) is 4.31 Å². The van der Waals surface area contributed by atoms with E-state index in [4.69, 9.17) is 16.3 Å². The van der Waals surface area contributed by atoms with E-state index in [1.165, 1.54) is 4.31 Å². The summed E-state index contributed by atoms with van der Waals surface area (Å²) in [6, 6.07) is 6.75. The fourth-order valence-electron chi connectivity index (χ4n) is 2.39. The molecule has 128 valence electrons. The third kappa shape index (κ3) is 6.10. The fraction of sp³-hybridized carbons (Fsp3) is 0.533. The average Bonchev–Trinajstić information content (AvgIpc) is 2.98. The van der Waals surface area contributed by atoms with Gasteiger partial charge in [0.15, 0.2) is 0 Å². The highest BCUT2D eigenvalue weighted by molar-refractivity contribution is 7.88. The zero-order valence-corrected chi connectivity index (χ0v) is 14.6. The molecule has 2 rings (SSSR count). The highest BCUT2D eigenvalue weighted by Crippen LogP contribution is 2.16. The van der Waals surface area contributed by atoms with Crippen LogP contribution in [0, 0.1) is 0 Å². The number of sulfonamides is 1. The molecule has 1 N–H and O–H groups in total. The fourth-order valence-corrected chi connectivity index (χ4v) is 3.38. The Labute approximate surface area is 141 Å². The second-order valence-corrected chi connectivity index (χ2v) is 7.98. The van der Waals surface area contributed by atoms with E-state index in [1.54, 1.807) is 24.3 Å². The van der Waals surface area contributed by atoms with Gasteiger partial charge >= 0.3 is 0 Å². The minimum absolute atomic E-state index is 0.0796. The molecule has 1 aliphatic rings. The van der Waals surface area contributed by atoms with Gasteiger partial charge in [-0.05, 0) is 37.1 Å². The summed E-state index contributed by atoms with van der Waals surface area (Å²) in [5.41, 5.74) is 0.629. The molecule has 0 radical (unpaired) electrons. The van der Waals surface area contributed by atoms with Gasteiger partial charge in [0.05, 0.1) is 12.4 Å². The highest BCUT2D eigenvalue weighted by atomic mass is 35.5. The minimum Gasteiger partial charge on any atom is -0.377 e. The lowest BCUT2D eigenvalue weighted by atomic mass is 10.2. The van der Waals surface area contributed by atoms with E-state index in [9.17, 15) is 13.2 Å². The van der Waals surface area contributed by atoms with Crippen LogP contribution in [-0.4, -0.2) is 50.7 Å². The number of rotatable bonds is 7. The topological polar surface area (TPSA) is 75.7 Å². The lowest BCUT2D eigenvalue weighted by Crippen LogP contribution is -2.38. The first-order chi connectivity index (χ1) is 10.8. The van der Waals surface area contributed by atoms with Crippen molar-refractivity contribution in [2.45, 2.75) is 25.4 Å². The maximum Gasteiger partial charge on any atom is 0.225 e. The predicted octanol–water partition coefficient (Wildman–Crippen LogP) is 2.11. The first-order valence-electron chi connectivity index (χ1n) is 7.47. The molecule has 8 heteroatoms. The van der Waals surface area contributed by atoms with Gasteiger partial charge in [0, 0.05) is 36.8 Å². The summed E-state index contributed by atoms with van der Waals surface area (Å²) in [5, 5.41) is 3.31. The molecule has 0 bridgehead atoms. The number of hydrogen-bond acceptors (Lipinski definition) is 4. The molecule has 1 aromatic rings. The van der Waals surface area contributed by atoms with Crippen molar-refractivity contribution in [3.05, 3.63) is 29.3 Å². The first kappa shape index (κ1) is 18.2. The Morgan fingerprint density at radius 2 is 2.09 bits per heavy atom. The quantitative estimate of drug-likeness (QED) is 0.808. The smallest absolute Gasteiger partial charge is 0.225 e. The molecule has 1 aromatic carbocycles. The van der Waals surface area contributed by atoms with E-state index in [-0.39, 0.29) is 25.0 Å². The molecule has 1 heterocycles. The summed E-state index contributed by atoms with van der Waals surface area (Å²) in [6.45, 7) is 1.10. The van der Waals surface area contributed by atoms with Crippen molar-refractivity contribution >= 4 is 33.2 Å². The van der Waals surface area contributed by atoms with E-state index < -0.39 is 10.0 Å². The third-order valence-corrected chi connectivity index (χ3v) is 5.14. The Hall–Kier alpha value is -1.15. The van der Waals surface area contributed by atoms with E-state index >= 15 is 0 Å².